The van der Waals surface area contributed by atoms with Gasteiger partial charge in [0.1, 0.15) is 11.4 Å². The maximum atomic E-state index is 13.1. The largest absolute Gasteiger partial charge is 0.464 e. The number of ether oxygens (including phenoxy) is 1. The molecule has 9 nitrogen and oxygen atoms in total. The lowest BCUT2D eigenvalue weighted by atomic mass is 9.94. The molecule has 1 heterocycles. The van der Waals surface area contributed by atoms with Gasteiger partial charge in [0, 0.05) is 12.6 Å². The first-order chi connectivity index (χ1) is 15.7. The van der Waals surface area contributed by atoms with Gasteiger partial charge >= 0.3 is 5.97 Å². The number of hydrogen-bond donors (Lipinski definition) is 2. The van der Waals surface area contributed by atoms with Crippen molar-refractivity contribution in [2.75, 3.05) is 12.4 Å². The van der Waals surface area contributed by atoms with E-state index in [1.165, 1.54) is 6.92 Å². The predicted molar refractivity (Wildman–Crippen MR) is 119 cm³/mol. The average Bonchev–Trinajstić information content (AvgIpc) is 3.14. The van der Waals surface area contributed by atoms with Crippen LogP contribution in [0.2, 0.25) is 0 Å². The second-order valence-corrected chi connectivity index (χ2v) is 7.15. The molecule has 1 aliphatic rings. The third-order valence-corrected chi connectivity index (χ3v) is 5.01. The van der Waals surface area contributed by atoms with Crippen molar-refractivity contribution in [3.8, 4) is 17.2 Å². The highest BCUT2D eigenvalue weighted by atomic mass is 16.5. The maximum Gasteiger partial charge on any atom is 0.353 e. The number of nitrogens with zero attached hydrogens (tertiary/aromatic N) is 2. The second kappa shape index (κ2) is 9.20. The molecule has 0 bridgehead atoms. The molecular formula is C24H20N4O5. The Balaban J connectivity index is 1.94. The Hall–Kier alpha value is -4.71. The van der Waals surface area contributed by atoms with Crippen LogP contribution in [0, 0.1) is 11.3 Å². The number of nitrogens with one attached hydrogen (secondary N) is 2. The van der Waals surface area contributed by atoms with Crippen LogP contribution in [-0.4, -0.2) is 35.7 Å². The molecule has 33 heavy (non-hydrogen) atoms. The number of carbonyl (C=O) groups excluding carboxylic acids is 4. The standard InChI is InChI=1S/C24H20N4O5/c1-13(24(32)33-4)26-22(30)14(2)28-12-20-19(10-7-17(11-25)21(20)23(28)31)16-5-8-18(9-6-16)27-15(3)29/h5-10H,1-2,12H2,3-4H3,(H,26,30)(H,27,29). The van der Waals surface area contributed by atoms with Crippen LogP contribution >= 0.6 is 0 Å². The Morgan fingerprint density at radius 2 is 1.79 bits per heavy atom. The first-order valence-corrected chi connectivity index (χ1v) is 9.71. The molecule has 0 spiro atoms. The summed E-state index contributed by atoms with van der Waals surface area (Å²) in [5, 5.41) is 14.5. The maximum absolute atomic E-state index is 13.1. The number of fused-ring (bicyclic) bond motifs is 1. The van der Waals surface area contributed by atoms with E-state index < -0.39 is 17.8 Å². The first-order valence-electron chi connectivity index (χ1n) is 9.71. The van der Waals surface area contributed by atoms with Crippen LogP contribution in [0.3, 0.4) is 0 Å². The Morgan fingerprint density at radius 1 is 1.12 bits per heavy atom. The zero-order chi connectivity index (χ0) is 24.3. The summed E-state index contributed by atoms with van der Waals surface area (Å²) < 4.78 is 4.49. The van der Waals surface area contributed by atoms with Gasteiger partial charge in [-0.05, 0) is 34.9 Å². The van der Waals surface area contributed by atoms with Crippen molar-refractivity contribution in [1.82, 2.24) is 10.2 Å². The van der Waals surface area contributed by atoms with Gasteiger partial charge in [0.25, 0.3) is 11.8 Å². The van der Waals surface area contributed by atoms with E-state index >= 15 is 0 Å². The summed E-state index contributed by atoms with van der Waals surface area (Å²) in [6.45, 7) is 8.51. The Morgan fingerprint density at radius 3 is 2.36 bits per heavy atom. The van der Waals surface area contributed by atoms with E-state index in [9.17, 15) is 24.4 Å². The number of carbonyl (C=O) groups is 4. The third kappa shape index (κ3) is 4.50. The van der Waals surface area contributed by atoms with Crippen LogP contribution in [0.25, 0.3) is 11.1 Å². The fourth-order valence-corrected chi connectivity index (χ4v) is 3.45. The summed E-state index contributed by atoms with van der Waals surface area (Å²) in [7, 11) is 1.14. The van der Waals surface area contributed by atoms with E-state index in [2.05, 4.69) is 28.5 Å². The highest BCUT2D eigenvalue weighted by Gasteiger charge is 2.36. The van der Waals surface area contributed by atoms with Crippen molar-refractivity contribution in [3.05, 3.63) is 77.6 Å². The van der Waals surface area contributed by atoms with Crippen LogP contribution in [0.15, 0.2) is 61.0 Å². The van der Waals surface area contributed by atoms with Gasteiger partial charge in [-0.3, -0.25) is 19.3 Å². The molecule has 1 aliphatic heterocycles. The number of esters is 1. The number of methoxy groups -OCH3 is 1. The summed E-state index contributed by atoms with van der Waals surface area (Å²) in [6, 6.07) is 12.3. The van der Waals surface area contributed by atoms with Gasteiger partial charge in [-0.25, -0.2) is 4.79 Å². The average molecular weight is 444 g/mol. The van der Waals surface area contributed by atoms with Crippen molar-refractivity contribution in [2.24, 2.45) is 0 Å². The van der Waals surface area contributed by atoms with E-state index in [1.54, 1.807) is 36.4 Å². The van der Waals surface area contributed by atoms with Crippen molar-refractivity contribution in [2.45, 2.75) is 13.5 Å². The fourth-order valence-electron chi connectivity index (χ4n) is 3.45. The topological polar surface area (TPSA) is 129 Å². The number of amides is 3. The lowest BCUT2D eigenvalue weighted by Gasteiger charge is -2.18. The second-order valence-electron chi connectivity index (χ2n) is 7.15. The molecule has 2 aromatic rings. The van der Waals surface area contributed by atoms with Gasteiger partial charge in [-0.15, -0.1) is 0 Å². The number of hydrogen-bond acceptors (Lipinski definition) is 6. The molecule has 0 saturated heterocycles. The predicted octanol–water partition coefficient (Wildman–Crippen LogP) is 2.46. The first kappa shape index (κ1) is 23.0. The molecule has 3 amide bonds. The summed E-state index contributed by atoms with van der Waals surface area (Å²) in [5.74, 6) is -2.38. The summed E-state index contributed by atoms with van der Waals surface area (Å²) in [4.78, 5) is 49.5. The Kier molecular flexibility index (Phi) is 6.40. The van der Waals surface area contributed by atoms with Crippen molar-refractivity contribution < 1.29 is 23.9 Å². The zero-order valence-electron chi connectivity index (χ0n) is 18.0. The molecule has 2 N–H and O–H groups in total. The van der Waals surface area contributed by atoms with E-state index in [1.807, 2.05) is 6.07 Å². The summed E-state index contributed by atoms with van der Waals surface area (Å²) in [6.07, 6.45) is 0. The fraction of sp³-hybridized carbons (Fsp3) is 0.125. The zero-order valence-corrected chi connectivity index (χ0v) is 18.0. The third-order valence-electron chi connectivity index (χ3n) is 5.01. The number of rotatable bonds is 6. The van der Waals surface area contributed by atoms with Crippen molar-refractivity contribution in [3.63, 3.8) is 0 Å². The normalized spacial score (nSPS) is 11.8. The van der Waals surface area contributed by atoms with Gasteiger partial charge in [0.15, 0.2) is 0 Å². The number of nitriles is 1. The number of benzene rings is 2. The minimum atomic E-state index is -0.830. The van der Waals surface area contributed by atoms with Gasteiger partial charge in [-0.2, -0.15) is 5.26 Å². The smallest absolute Gasteiger partial charge is 0.353 e. The monoisotopic (exact) mass is 444 g/mol. The minimum absolute atomic E-state index is 0.00339. The van der Waals surface area contributed by atoms with Crippen molar-refractivity contribution >= 4 is 29.4 Å². The molecule has 0 radical (unpaired) electrons. The van der Waals surface area contributed by atoms with Crippen LogP contribution < -0.4 is 10.6 Å². The van der Waals surface area contributed by atoms with E-state index in [4.69, 9.17) is 0 Å². The lowest BCUT2D eigenvalue weighted by Crippen LogP contribution is -2.36. The van der Waals surface area contributed by atoms with E-state index in [-0.39, 0.29) is 35.0 Å². The highest BCUT2D eigenvalue weighted by molar-refractivity contribution is 6.09. The molecule has 0 fully saturated rings. The molecule has 0 unspecified atom stereocenters. The van der Waals surface area contributed by atoms with E-state index in [0.29, 0.717) is 16.8 Å². The van der Waals surface area contributed by atoms with Crippen molar-refractivity contribution in [1.29, 1.82) is 5.26 Å². The SMILES string of the molecule is C=C(NC(=O)C(=C)N1Cc2c(-c3ccc(NC(C)=O)cc3)ccc(C#N)c2C1=O)C(=O)OC. The van der Waals surface area contributed by atoms with Crippen LogP contribution in [0.1, 0.15) is 28.4 Å². The summed E-state index contributed by atoms with van der Waals surface area (Å²) >= 11 is 0. The van der Waals surface area contributed by atoms with Crippen LogP contribution in [0.5, 0.6) is 0 Å². The molecule has 0 aromatic heterocycles. The lowest BCUT2D eigenvalue weighted by molar-refractivity contribution is -0.137. The molecular weight excluding hydrogens is 424 g/mol. The molecule has 0 saturated carbocycles. The van der Waals surface area contributed by atoms with Gasteiger partial charge in [0.2, 0.25) is 5.91 Å². The van der Waals surface area contributed by atoms with Crippen LogP contribution in [-0.2, 0) is 25.7 Å². The highest BCUT2D eigenvalue weighted by Crippen LogP contribution is 2.36. The van der Waals surface area contributed by atoms with E-state index in [0.717, 1.165) is 17.6 Å². The summed E-state index contributed by atoms with van der Waals surface area (Å²) in [5.41, 5.74) is 2.47. The molecule has 9 heteroatoms. The van der Waals surface area contributed by atoms with Gasteiger partial charge < -0.3 is 15.4 Å². The van der Waals surface area contributed by atoms with Crippen LogP contribution in [0.4, 0.5) is 5.69 Å². The molecule has 0 aliphatic carbocycles. The quantitative estimate of drug-likeness (QED) is 0.520. The molecule has 0 atom stereocenters. The number of anilines is 1. The molecule has 2 aromatic carbocycles. The molecule has 166 valence electrons. The molecule has 3 rings (SSSR count). The Bertz CT molecular complexity index is 1250. The Labute approximate surface area is 189 Å². The van der Waals surface area contributed by atoms with Gasteiger partial charge in [-0.1, -0.05) is 31.4 Å². The van der Waals surface area contributed by atoms with Gasteiger partial charge in [0.05, 0.1) is 30.9 Å². The minimum Gasteiger partial charge on any atom is -0.464 e.